The van der Waals surface area contributed by atoms with Crippen LogP contribution in [0.4, 0.5) is 5.00 Å². The van der Waals surface area contributed by atoms with Gasteiger partial charge in [-0.3, -0.25) is 9.59 Å². The molecule has 180 valence electrons. The Morgan fingerprint density at radius 2 is 1.80 bits per heavy atom. The van der Waals surface area contributed by atoms with Crippen molar-refractivity contribution in [3.63, 3.8) is 0 Å². The minimum Gasteiger partial charge on any atom is -0.491 e. The maximum atomic E-state index is 13.5. The first-order valence-corrected chi connectivity index (χ1v) is 12.5. The average molecular weight is 556 g/mol. The molecule has 2 heterocycles. The first-order chi connectivity index (χ1) is 16.8. The van der Waals surface area contributed by atoms with Gasteiger partial charge in [0.2, 0.25) is 0 Å². The van der Waals surface area contributed by atoms with Gasteiger partial charge in [-0.25, -0.2) is 4.79 Å². The number of fused-ring (bicyclic) bond motifs is 1. The molecule has 0 fully saturated rings. The maximum absolute atomic E-state index is 13.5. The van der Waals surface area contributed by atoms with E-state index in [4.69, 9.17) is 9.47 Å². The Kier molecular flexibility index (Phi) is 7.32. The summed E-state index contributed by atoms with van der Waals surface area (Å²) in [5.74, 6) is -0.394. The number of halogens is 1. The number of nitrogens with zero attached hydrogens (tertiary/aromatic N) is 2. The molecule has 0 aliphatic rings. The van der Waals surface area contributed by atoms with Crippen molar-refractivity contribution in [2.45, 2.75) is 26.9 Å². The van der Waals surface area contributed by atoms with Crippen molar-refractivity contribution in [2.75, 3.05) is 11.9 Å². The summed E-state index contributed by atoms with van der Waals surface area (Å²) in [6, 6.07) is 13.6. The van der Waals surface area contributed by atoms with Gasteiger partial charge >= 0.3 is 5.97 Å². The highest BCUT2D eigenvalue weighted by molar-refractivity contribution is 9.10. The Hall–Kier alpha value is -3.50. The van der Waals surface area contributed by atoms with Gasteiger partial charge < -0.3 is 14.8 Å². The molecule has 2 aromatic heterocycles. The molecule has 4 aromatic rings. The summed E-state index contributed by atoms with van der Waals surface area (Å²) in [4.78, 5) is 39.1. The van der Waals surface area contributed by atoms with Gasteiger partial charge in [-0.1, -0.05) is 15.9 Å². The lowest BCUT2D eigenvalue weighted by Crippen LogP contribution is -2.25. The maximum Gasteiger partial charge on any atom is 0.359 e. The largest absolute Gasteiger partial charge is 0.491 e. The lowest BCUT2D eigenvalue weighted by atomic mass is 10.2. The lowest BCUT2D eigenvalue weighted by molar-refractivity contribution is 0.0520. The van der Waals surface area contributed by atoms with Gasteiger partial charge in [0.15, 0.2) is 5.69 Å². The third-order valence-electron chi connectivity index (χ3n) is 4.91. The van der Waals surface area contributed by atoms with Crippen LogP contribution >= 0.6 is 27.3 Å². The molecule has 0 radical (unpaired) electrons. The van der Waals surface area contributed by atoms with Crippen LogP contribution in [0.5, 0.6) is 5.75 Å². The predicted octanol–water partition coefficient (Wildman–Crippen LogP) is 5.43. The van der Waals surface area contributed by atoms with E-state index in [0.717, 1.165) is 20.5 Å². The monoisotopic (exact) mass is 555 g/mol. The van der Waals surface area contributed by atoms with E-state index < -0.39 is 17.4 Å². The van der Waals surface area contributed by atoms with Gasteiger partial charge in [-0.05, 0) is 69.3 Å². The van der Waals surface area contributed by atoms with Gasteiger partial charge in [-0.2, -0.15) is 9.78 Å². The Morgan fingerprint density at radius 1 is 1.11 bits per heavy atom. The van der Waals surface area contributed by atoms with E-state index >= 15 is 0 Å². The molecule has 0 atom stereocenters. The highest BCUT2D eigenvalue weighted by atomic mass is 79.9. The minimum absolute atomic E-state index is 0.00342. The minimum atomic E-state index is -0.653. The van der Waals surface area contributed by atoms with Crippen molar-refractivity contribution < 1.29 is 19.1 Å². The molecular weight excluding hydrogens is 534 g/mol. The van der Waals surface area contributed by atoms with E-state index in [1.54, 1.807) is 60.8 Å². The summed E-state index contributed by atoms with van der Waals surface area (Å²) >= 11 is 4.51. The number of amides is 1. The van der Waals surface area contributed by atoms with Gasteiger partial charge in [0, 0.05) is 20.8 Å². The fraction of sp³-hybridized carbons (Fsp3) is 0.200. The van der Waals surface area contributed by atoms with Crippen LogP contribution < -0.4 is 15.6 Å². The number of anilines is 1. The quantitative estimate of drug-likeness (QED) is 0.305. The zero-order valence-corrected chi connectivity index (χ0v) is 21.6. The van der Waals surface area contributed by atoms with Crippen molar-refractivity contribution >= 4 is 54.9 Å². The van der Waals surface area contributed by atoms with Crippen LogP contribution in [-0.4, -0.2) is 34.4 Å². The lowest BCUT2D eigenvalue weighted by Gasteiger charge is -2.11. The number of hydrogen-bond donors (Lipinski definition) is 1. The number of rotatable bonds is 7. The van der Waals surface area contributed by atoms with Crippen LogP contribution in [0.3, 0.4) is 0 Å². The summed E-state index contributed by atoms with van der Waals surface area (Å²) in [5, 5.41) is 9.55. The van der Waals surface area contributed by atoms with Crippen LogP contribution in [-0.2, 0) is 4.74 Å². The normalized spacial score (nSPS) is 11.0. The first-order valence-electron chi connectivity index (χ1n) is 10.8. The van der Waals surface area contributed by atoms with Crippen LogP contribution in [0, 0.1) is 0 Å². The summed E-state index contributed by atoms with van der Waals surface area (Å²) in [6.07, 6.45) is 0.0160. The average Bonchev–Trinajstić information content (AvgIpc) is 3.24. The van der Waals surface area contributed by atoms with Gasteiger partial charge in [0.1, 0.15) is 10.8 Å². The van der Waals surface area contributed by atoms with Crippen molar-refractivity contribution in [2.24, 2.45) is 0 Å². The highest BCUT2D eigenvalue weighted by Gasteiger charge is 2.23. The number of carbonyl (C=O) groups is 2. The summed E-state index contributed by atoms with van der Waals surface area (Å²) < 4.78 is 12.8. The molecule has 0 unspecified atom stereocenters. The molecule has 2 aromatic carbocycles. The zero-order valence-electron chi connectivity index (χ0n) is 19.2. The van der Waals surface area contributed by atoms with E-state index in [-0.39, 0.29) is 23.8 Å². The molecule has 4 rings (SSSR count). The van der Waals surface area contributed by atoms with Crippen LogP contribution in [0.1, 0.15) is 41.6 Å². The molecule has 0 bridgehead atoms. The second-order valence-electron chi connectivity index (χ2n) is 7.76. The topological polar surface area (TPSA) is 99.5 Å². The predicted molar refractivity (Wildman–Crippen MR) is 139 cm³/mol. The SMILES string of the molecule is CCOC(=O)c1nn(-c2ccc(Br)cc2)c(=O)c2c(NC(=O)c3ccc(OC(C)C)cc3)scc12. The van der Waals surface area contributed by atoms with Gasteiger partial charge in [0.25, 0.3) is 11.5 Å². The van der Waals surface area contributed by atoms with Crippen molar-refractivity contribution in [3.8, 4) is 11.4 Å². The van der Waals surface area contributed by atoms with Crippen LogP contribution in [0.2, 0.25) is 0 Å². The fourth-order valence-electron chi connectivity index (χ4n) is 3.38. The van der Waals surface area contributed by atoms with Gasteiger partial charge in [-0.15, -0.1) is 11.3 Å². The van der Waals surface area contributed by atoms with Crippen molar-refractivity contribution in [3.05, 3.63) is 80.0 Å². The molecule has 8 nitrogen and oxygen atoms in total. The number of aromatic nitrogens is 2. The van der Waals surface area contributed by atoms with E-state index in [0.29, 0.717) is 27.4 Å². The fourth-order valence-corrected chi connectivity index (χ4v) is 4.58. The highest BCUT2D eigenvalue weighted by Crippen LogP contribution is 2.31. The molecule has 0 saturated carbocycles. The van der Waals surface area contributed by atoms with Gasteiger partial charge in [0.05, 0.1) is 23.8 Å². The first kappa shape index (κ1) is 24.6. The summed E-state index contributed by atoms with van der Waals surface area (Å²) in [5.41, 5.74) is 0.398. The summed E-state index contributed by atoms with van der Waals surface area (Å²) in [6.45, 7) is 5.69. The number of carbonyl (C=O) groups excluding carboxylic acids is 2. The molecule has 35 heavy (non-hydrogen) atoms. The van der Waals surface area contributed by atoms with Crippen molar-refractivity contribution in [1.82, 2.24) is 9.78 Å². The second-order valence-corrected chi connectivity index (χ2v) is 9.56. The molecule has 10 heteroatoms. The number of hydrogen-bond acceptors (Lipinski definition) is 7. The number of thiophene rings is 1. The summed E-state index contributed by atoms with van der Waals surface area (Å²) in [7, 11) is 0. The molecule has 0 aliphatic carbocycles. The second kappa shape index (κ2) is 10.4. The zero-order chi connectivity index (χ0) is 25.1. The van der Waals surface area contributed by atoms with E-state index in [9.17, 15) is 14.4 Å². The standard InChI is InChI=1S/C25H22BrN3O5S/c1-4-33-25(32)21-19-13-35-23(27-22(30)15-5-11-18(12-6-15)34-14(2)3)20(19)24(31)29(28-21)17-9-7-16(26)8-10-17/h5-14H,4H2,1-3H3,(H,27,30). The van der Waals surface area contributed by atoms with E-state index in [2.05, 4.69) is 26.3 Å². The number of esters is 1. The van der Waals surface area contributed by atoms with E-state index in [1.807, 2.05) is 13.8 Å². The third kappa shape index (κ3) is 5.28. The smallest absolute Gasteiger partial charge is 0.359 e. The van der Waals surface area contributed by atoms with Crippen LogP contribution in [0.15, 0.2) is 63.2 Å². The Balaban J connectivity index is 1.77. The molecular formula is C25H22BrN3O5S. The Bertz CT molecular complexity index is 1440. The number of nitrogens with one attached hydrogen (secondary N) is 1. The van der Waals surface area contributed by atoms with Crippen LogP contribution in [0.25, 0.3) is 16.5 Å². The Labute approximate surface area is 213 Å². The molecule has 0 spiro atoms. The third-order valence-corrected chi connectivity index (χ3v) is 6.33. The number of ether oxygens (including phenoxy) is 2. The molecule has 0 aliphatic heterocycles. The van der Waals surface area contributed by atoms with Crippen molar-refractivity contribution in [1.29, 1.82) is 0 Å². The molecule has 0 saturated heterocycles. The molecule has 1 amide bonds. The molecule has 1 N–H and O–H groups in total. The van der Waals surface area contributed by atoms with E-state index in [1.165, 1.54) is 0 Å². The Morgan fingerprint density at radius 3 is 2.43 bits per heavy atom. The number of benzene rings is 2.